The highest BCUT2D eigenvalue weighted by Gasteiger charge is 2.38. The van der Waals surface area contributed by atoms with Crippen molar-refractivity contribution in [3.63, 3.8) is 0 Å². The van der Waals surface area contributed by atoms with E-state index in [1.54, 1.807) is 0 Å². The lowest BCUT2D eigenvalue weighted by atomic mass is 10.1. The van der Waals surface area contributed by atoms with Crippen molar-refractivity contribution in [1.29, 1.82) is 0 Å². The van der Waals surface area contributed by atoms with Crippen molar-refractivity contribution in [2.24, 2.45) is 0 Å². The van der Waals surface area contributed by atoms with Crippen molar-refractivity contribution < 1.29 is 4.79 Å². The van der Waals surface area contributed by atoms with E-state index in [9.17, 15) is 4.79 Å². The second-order valence-electron chi connectivity index (χ2n) is 7.51. The molecule has 0 aromatic heterocycles. The van der Waals surface area contributed by atoms with Crippen LogP contribution < -0.4 is 10.6 Å². The summed E-state index contributed by atoms with van der Waals surface area (Å²) in [6, 6.07) is 8.25. The van der Waals surface area contributed by atoms with Crippen molar-refractivity contribution >= 4 is 11.6 Å². The molecule has 126 valence electrons. The Hall–Kier alpha value is -1.55. The molecule has 1 aromatic carbocycles. The van der Waals surface area contributed by atoms with Crippen molar-refractivity contribution in [3.8, 4) is 0 Å². The highest BCUT2D eigenvalue weighted by molar-refractivity contribution is 5.96. The third-order valence-electron chi connectivity index (χ3n) is 4.90. The molecule has 0 bridgehead atoms. The number of nitrogens with one attached hydrogen (secondary N) is 2. The average molecular weight is 315 g/mol. The van der Waals surface area contributed by atoms with E-state index in [-0.39, 0.29) is 11.9 Å². The first-order chi connectivity index (χ1) is 10.9. The van der Waals surface area contributed by atoms with Crippen LogP contribution in [0.4, 0.5) is 5.69 Å². The molecule has 2 atom stereocenters. The van der Waals surface area contributed by atoms with Gasteiger partial charge in [0.05, 0.1) is 0 Å². The molecule has 4 nitrogen and oxygen atoms in total. The summed E-state index contributed by atoms with van der Waals surface area (Å²) in [6.07, 6.45) is 3.94. The van der Waals surface area contributed by atoms with Gasteiger partial charge in [-0.05, 0) is 70.7 Å². The second-order valence-corrected chi connectivity index (χ2v) is 7.51. The highest BCUT2D eigenvalue weighted by atomic mass is 16.1. The molecular weight excluding hydrogens is 286 g/mol. The number of hydrogen-bond acceptors (Lipinski definition) is 3. The standard InChI is InChI=1S/C19H29N3O/c1-12(2)20-19(23)18-8-5-15(9-13(18)3)21-16-10-14(4)22(11-16)17-6-7-17/h5,8-9,12,14,16-17,21H,6-7,10-11H2,1-4H3,(H,20,23)/t14-,16+/m1/s1. The van der Waals surface area contributed by atoms with Crippen molar-refractivity contribution in [1.82, 2.24) is 10.2 Å². The smallest absolute Gasteiger partial charge is 0.251 e. The first-order valence-electron chi connectivity index (χ1n) is 8.88. The quantitative estimate of drug-likeness (QED) is 0.877. The number of carbonyl (C=O) groups excluding carboxylic acids is 1. The van der Waals surface area contributed by atoms with Crippen LogP contribution in [-0.4, -0.2) is 41.5 Å². The first-order valence-corrected chi connectivity index (χ1v) is 8.88. The number of hydrogen-bond donors (Lipinski definition) is 2. The average Bonchev–Trinajstić information content (AvgIpc) is 3.22. The molecule has 0 spiro atoms. The van der Waals surface area contributed by atoms with E-state index in [0.717, 1.165) is 29.4 Å². The topological polar surface area (TPSA) is 44.4 Å². The molecule has 1 heterocycles. The van der Waals surface area contributed by atoms with Crippen LogP contribution in [0.25, 0.3) is 0 Å². The molecule has 1 saturated heterocycles. The number of aryl methyl sites for hydroxylation is 1. The van der Waals surface area contributed by atoms with Crippen LogP contribution in [0.5, 0.6) is 0 Å². The number of benzene rings is 1. The van der Waals surface area contributed by atoms with Crippen LogP contribution in [0, 0.1) is 6.92 Å². The van der Waals surface area contributed by atoms with Crippen LogP contribution in [0.1, 0.15) is 56.0 Å². The van der Waals surface area contributed by atoms with Crippen molar-refractivity contribution in [3.05, 3.63) is 29.3 Å². The Balaban J connectivity index is 1.63. The minimum Gasteiger partial charge on any atom is -0.381 e. The zero-order chi connectivity index (χ0) is 16.6. The first kappa shape index (κ1) is 16.3. The fourth-order valence-corrected chi connectivity index (χ4v) is 3.66. The van der Waals surface area contributed by atoms with Gasteiger partial charge < -0.3 is 10.6 Å². The Kier molecular flexibility index (Phi) is 4.62. The molecule has 2 N–H and O–H groups in total. The van der Waals surface area contributed by atoms with Crippen molar-refractivity contribution in [2.45, 2.75) is 71.1 Å². The summed E-state index contributed by atoms with van der Waals surface area (Å²) < 4.78 is 0. The van der Waals surface area contributed by atoms with Gasteiger partial charge in [-0.3, -0.25) is 9.69 Å². The molecule has 0 radical (unpaired) electrons. The fourth-order valence-electron chi connectivity index (χ4n) is 3.66. The Morgan fingerprint density at radius 2 is 2.04 bits per heavy atom. The summed E-state index contributed by atoms with van der Waals surface area (Å²) >= 11 is 0. The van der Waals surface area contributed by atoms with Crippen LogP contribution in [-0.2, 0) is 0 Å². The van der Waals surface area contributed by atoms with Crippen LogP contribution in [0.3, 0.4) is 0 Å². The Bertz CT molecular complexity index is 580. The normalized spacial score (nSPS) is 24.9. The van der Waals surface area contributed by atoms with Gasteiger partial charge in [0.15, 0.2) is 0 Å². The van der Waals surface area contributed by atoms with Gasteiger partial charge >= 0.3 is 0 Å². The predicted molar refractivity (Wildman–Crippen MR) is 95.0 cm³/mol. The zero-order valence-electron chi connectivity index (χ0n) is 14.7. The molecule has 4 heteroatoms. The predicted octanol–water partition coefficient (Wildman–Crippen LogP) is 3.17. The molecule has 1 aliphatic carbocycles. The molecule has 2 fully saturated rings. The third kappa shape index (κ3) is 3.86. The maximum atomic E-state index is 12.2. The molecule has 23 heavy (non-hydrogen) atoms. The second kappa shape index (κ2) is 6.52. The van der Waals surface area contributed by atoms with E-state index in [2.05, 4.69) is 28.5 Å². The summed E-state index contributed by atoms with van der Waals surface area (Å²) in [6.45, 7) is 9.45. The van der Waals surface area contributed by atoms with Crippen LogP contribution >= 0.6 is 0 Å². The van der Waals surface area contributed by atoms with E-state index in [1.807, 2.05) is 32.9 Å². The van der Waals surface area contributed by atoms with E-state index < -0.39 is 0 Å². The minimum atomic E-state index is 0.0125. The van der Waals surface area contributed by atoms with Crippen LogP contribution in [0.2, 0.25) is 0 Å². The van der Waals surface area contributed by atoms with Gasteiger partial charge in [0.1, 0.15) is 0 Å². The number of anilines is 1. The third-order valence-corrected chi connectivity index (χ3v) is 4.90. The molecule has 0 unspecified atom stereocenters. The monoisotopic (exact) mass is 315 g/mol. The van der Waals surface area contributed by atoms with E-state index in [0.29, 0.717) is 12.1 Å². The summed E-state index contributed by atoms with van der Waals surface area (Å²) in [4.78, 5) is 14.8. The largest absolute Gasteiger partial charge is 0.381 e. The Labute approximate surface area is 139 Å². The van der Waals surface area contributed by atoms with Gasteiger partial charge in [-0.2, -0.15) is 0 Å². The van der Waals surface area contributed by atoms with Gasteiger partial charge in [0.25, 0.3) is 5.91 Å². The molecule has 1 saturated carbocycles. The van der Waals surface area contributed by atoms with Gasteiger partial charge in [-0.15, -0.1) is 0 Å². The maximum Gasteiger partial charge on any atom is 0.251 e. The minimum absolute atomic E-state index is 0.0125. The number of amides is 1. The molecular formula is C19H29N3O. The van der Waals surface area contributed by atoms with Gasteiger partial charge in [-0.1, -0.05) is 0 Å². The maximum absolute atomic E-state index is 12.2. The lowest BCUT2D eigenvalue weighted by Crippen LogP contribution is -2.31. The molecule has 3 rings (SSSR count). The van der Waals surface area contributed by atoms with Gasteiger partial charge in [0, 0.05) is 42.0 Å². The summed E-state index contributed by atoms with van der Waals surface area (Å²) in [5.74, 6) is 0.0125. The van der Waals surface area contributed by atoms with Gasteiger partial charge in [-0.25, -0.2) is 0 Å². The number of carbonyl (C=O) groups is 1. The van der Waals surface area contributed by atoms with Crippen molar-refractivity contribution in [2.75, 3.05) is 11.9 Å². The summed E-state index contributed by atoms with van der Waals surface area (Å²) in [5.41, 5.74) is 2.92. The molecule has 1 amide bonds. The molecule has 2 aliphatic rings. The Morgan fingerprint density at radius 3 is 2.65 bits per heavy atom. The van der Waals surface area contributed by atoms with E-state index in [1.165, 1.54) is 19.3 Å². The van der Waals surface area contributed by atoms with E-state index in [4.69, 9.17) is 0 Å². The SMILES string of the molecule is Cc1cc(N[C@H]2C[C@@H](C)N(C3CC3)C2)ccc1C(=O)NC(C)C. The van der Waals surface area contributed by atoms with Crippen LogP contribution in [0.15, 0.2) is 18.2 Å². The molecule has 1 aliphatic heterocycles. The van der Waals surface area contributed by atoms with Gasteiger partial charge in [0.2, 0.25) is 0 Å². The zero-order valence-corrected chi connectivity index (χ0v) is 14.7. The Morgan fingerprint density at radius 1 is 1.30 bits per heavy atom. The molecule has 1 aromatic rings. The van der Waals surface area contributed by atoms with E-state index >= 15 is 0 Å². The number of rotatable bonds is 5. The lowest BCUT2D eigenvalue weighted by Gasteiger charge is -2.20. The number of nitrogens with zero attached hydrogens (tertiary/aromatic N) is 1. The number of likely N-dealkylation sites (tertiary alicyclic amines) is 1. The fraction of sp³-hybridized carbons (Fsp3) is 0.632. The summed E-state index contributed by atoms with van der Waals surface area (Å²) in [5, 5.41) is 6.62. The lowest BCUT2D eigenvalue weighted by molar-refractivity contribution is 0.0942. The highest BCUT2D eigenvalue weighted by Crippen LogP contribution is 2.34. The summed E-state index contributed by atoms with van der Waals surface area (Å²) in [7, 11) is 0.